The van der Waals surface area contributed by atoms with Crippen LogP contribution >= 0.6 is 0 Å². The van der Waals surface area contributed by atoms with E-state index in [0.717, 1.165) is 51.3 Å². The summed E-state index contributed by atoms with van der Waals surface area (Å²) in [6, 6.07) is 15.4. The van der Waals surface area contributed by atoms with Gasteiger partial charge in [0.15, 0.2) is 0 Å². The number of nitrogens with one attached hydrogen (secondary N) is 1. The first-order valence-corrected chi connectivity index (χ1v) is 8.99. The third-order valence-corrected chi connectivity index (χ3v) is 5.10. The highest BCUT2D eigenvalue weighted by atomic mass is 16.5. The Hall–Kier alpha value is -1.91. The molecule has 3 heterocycles. The second-order valence-corrected chi connectivity index (χ2v) is 6.67. The molecule has 4 heteroatoms. The van der Waals surface area contributed by atoms with Gasteiger partial charge in [0.1, 0.15) is 5.82 Å². The molecule has 0 bridgehead atoms. The molecule has 2 aliphatic heterocycles. The summed E-state index contributed by atoms with van der Waals surface area (Å²) in [5.74, 6) is 1.09. The molecule has 2 atom stereocenters. The summed E-state index contributed by atoms with van der Waals surface area (Å²) in [4.78, 5) is 6.88. The second kappa shape index (κ2) is 7.32. The van der Waals surface area contributed by atoms with Crippen LogP contribution in [0.4, 0.5) is 5.82 Å². The van der Waals surface area contributed by atoms with Crippen LogP contribution in [0, 0.1) is 0 Å². The van der Waals surface area contributed by atoms with Gasteiger partial charge in [0.2, 0.25) is 0 Å². The summed E-state index contributed by atoms with van der Waals surface area (Å²) in [6.07, 6.45) is 5.37. The van der Waals surface area contributed by atoms with E-state index in [4.69, 9.17) is 4.74 Å². The SMILES string of the molecule is c1ccc(N2CCNC(CCC3OCCc4ccccc43)C2)nc1. The molecule has 2 aliphatic rings. The van der Waals surface area contributed by atoms with E-state index in [-0.39, 0.29) is 6.10 Å². The number of pyridine rings is 1. The summed E-state index contributed by atoms with van der Waals surface area (Å²) in [5, 5.41) is 3.66. The van der Waals surface area contributed by atoms with E-state index in [0.29, 0.717) is 6.04 Å². The molecule has 1 saturated heterocycles. The maximum atomic E-state index is 6.05. The number of rotatable bonds is 4. The van der Waals surface area contributed by atoms with E-state index in [1.54, 1.807) is 0 Å². The molecular formula is C20H25N3O. The van der Waals surface area contributed by atoms with Gasteiger partial charge in [-0.05, 0) is 42.5 Å². The van der Waals surface area contributed by atoms with E-state index in [1.807, 2.05) is 12.3 Å². The summed E-state index contributed by atoms with van der Waals surface area (Å²) >= 11 is 0. The van der Waals surface area contributed by atoms with Crippen molar-refractivity contribution in [3.63, 3.8) is 0 Å². The maximum Gasteiger partial charge on any atom is 0.128 e. The molecule has 0 radical (unpaired) electrons. The Morgan fingerprint density at radius 2 is 2.04 bits per heavy atom. The fraction of sp³-hybridized carbons (Fsp3) is 0.450. The lowest BCUT2D eigenvalue weighted by molar-refractivity contribution is 0.0333. The number of benzene rings is 1. The molecule has 2 unspecified atom stereocenters. The molecule has 1 aromatic carbocycles. The van der Waals surface area contributed by atoms with Gasteiger partial charge in [0, 0.05) is 31.9 Å². The van der Waals surface area contributed by atoms with E-state index < -0.39 is 0 Å². The first-order chi connectivity index (χ1) is 11.9. The second-order valence-electron chi connectivity index (χ2n) is 6.67. The normalized spacial score (nSPS) is 23.8. The standard InChI is InChI=1S/C20H25N3O/c1-2-6-18-16(5-1)10-14-24-19(18)9-8-17-15-23(13-12-21-17)20-7-3-4-11-22-20/h1-7,11,17,19,21H,8-10,12-15H2. The average Bonchev–Trinajstić information content (AvgIpc) is 2.67. The molecule has 4 rings (SSSR count). The average molecular weight is 323 g/mol. The highest BCUT2D eigenvalue weighted by Crippen LogP contribution is 2.31. The Balaban J connectivity index is 1.36. The summed E-state index contributed by atoms with van der Waals surface area (Å²) in [7, 11) is 0. The van der Waals surface area contributed by atoms with Crippen LogP contribution < -0.4 is 10.2 Å². The van der Waals surface area contributed by atoms with Crippen LogP contribution in [0.1, 0.15) is 30.1 Å². The molecule has 0 saturated carbocycles. The molecule has 126 valence electrons. The third-order valence-electron chi connectivity index (χ3n) is 5.10. The van der Waals surface area contributed by atoms with Crippen LogP contribution in [0.5, 0.6) is 0 Å². The monoisotopic (exact) mass is 323 g/mol. The van der Waals surface area contributed by atoms with Gasteiger partial charge >= 0.3 is 0 Å². The van der Waals surface area contributed by atoms with Crippen LogP contribution in [0.25, 0.3) is 0 Å². The highest BCUT2D eigenvalue weighted by Gasteiger charge is 2.24. The summed E-state index contributed by atoms with van der Waals surface area (Å²) in [6.45, 7) is 3.91. The smallest absolute Gasteiger partial charge is 0.128 e. The van der Waals surface area contributed by atoms with Gasteiger partial charge in [-0.3, -0.25) is 0 Å². The lowest BCUT2D eigenvalue weighted by Crippen LogP contribution is -2.51. The largest absolute Gasteiger partial charge is 0.373 e. The Morgan fingerprint density at radius 1 is 1.12 bits per heavy atom. The molecule has 1 aromatic heterocycles. The van der Waals surface area contributed by atoms with Gasteiger partial charge < -0.3 is 15.0 Å². The van der Waals surface area contributed by atoms with Crippen molar-refractivity contribution in [1.82, 2.24) is 10.3 Å². The van der Waals surface area contributed by atoms with Crippen molar-refractivity contribution >= 4 is 5.82 Å². The lowest BCUT2D eigenvalue weighted by Gasteiger charge is -2.35. The van der Waals surface area contributed by atoms with Gasteiger partial charge in [-0.15, -0.1) is 0 Å². The predicted octanol–water partition coefficient (Wildman–Crippen LogP) is 2.95. The number of ether oxygens (including phenoxy) is 1. The number of nitrogens with zero attached hydrogens (tertiary/aromatic N) is 2. The van der Waals surface area contributed by atoms with Crippen LogP contribution in [-0.4, -0.2) is 37.3 Å². The van der Waals surface area contributed by atoms with Crippen LogP contribution in [-0.2, 0) is 11.2 Å². The minimum absolute atomic E-state index is 0.252. The minimum Gasteiger partial charge on any atom is -0.373 e. The van der Waals surface area contributed by atoms with Crippen LogP contribution in [0.3, 0.4) is 0 Å². The van der Waals surface area contributed by atoms with Crippen molar-refractivity contribution in [3.05, 3.63) is 59.8 Å². The fourth-order valence-electron chi connectivity index (χ4n) is 3.84. The third kappa shape index (κ3) is 3.45. The Labute approximate surface area is 143 Å². The number of hydrogen-bond acceptors (Lipinski definition) is 4. The number of piperazine rings is 1. The molecule has 0 amide bonds. The zero-order valence-corrected chi connectivity index (χ0v) is 14.0. The number of aromatic nitrogens is 1. The first-order valence-electron chi connectivity index (χ1n) is 8.99. The van der Waals surface area contributed by atoms with E-state index in [9.17, 15) is 0 Å². The fourth-order valence-corrected chi connectivity index (χ4v) is 3.84. The van der Waals surface area contributed by atoms with Gasteiger partial charge in [-0.1, -0.05) is 30.3 Å². The molecule has 24 heavy (non-hydrogen) atoms. The van der Waals surface area contributed by atoms with Gasteiger partial charge in [-0.2, -0.15) is 0 Å². The first kappa shape index (κ1) is 15.6. The number of hydrogen-bond donors (Lipinski definition) is 1. The number of fused-ring (bicyclic) bond motifs is 1. The molecular weight excluding hydrogens is 298 g/mol. The zero-order chi connectivity index (χ0) is 16.2. The van der Waals surface area contributed by atoms with Crippen molar-refractivity contribution in [1.29, 1.82) is 0 Å². The van der Waals surface area contributed by atoms with Crippen LogP contribution in [0.2, 0.25) is 0 Å². The zero-order valence-electron chi connectivity index (χ0n) is 14.0. The number of anilines is 1. The van der Waals surface area contributed by atoms with Crippen molar-refractivity contribution in [2.75, 3.05) is 31.1 Å². The lowest BCUT2D eigenvalue weighted by atomic mass is 9.93. The molecule has 0 aliphatic carbocycles. The minimum atomic E-state index is 0.252. The van der Waals surface area contributed by atoms with Gasteiger partial charge in [0.25, 0.3) is 0 Å². The Morgan fingerprint density at radius 3 is 2.96 bits per heavy atom. The molecule has 4 nitrogen and oxygen atoms in total. The van der Waals surface area contributed by atoms with Gasteiger partial charge in [-0.25, -0.2) is 4.98 Å². The summed E-state index contributed by atoms with van der Waals surface area (Å²) < 4.78 is 6.05. The maximum absolute atomic E-state index is 6.05. The van der Waals surface area contributed by atoms with Crippen molar-refractivity contribution < 1.29 is 4.74 Å². The Kier molecular flexibility index (Phi) is 4.76. The van der Waals surface area contributed by atoms with Crippen molar-refractivity contribution in [2.45, 2.75) is 31.4 Å². The summed E-state index contributed by atoms with van der Waals surface area (Å²) in [5.41, 5.74) is 2.85. The predicted molar refractivity (Wildman–Crippen MR) is 96.3 cm³/mol. The van der Waals surface area contributed by atoms with Crippen molar-refractivity contribution in [2.24, 2.45) is 0 Å². The van der Waals surface area contributed by atoms with E-state index >= 15 is 0 Å². The van der Waals surface area contributed by atoms with Gasteiger partial charge in [0.05, 0.1) is 12.7 Å². The van der Waals surface area contributed by atoms with E-state index in [2.05, 4.69) is 51.6 Å². The molecule has 1 N–H and O–H groups in total. The molecule has 1 fully saturated rings. The quantitative estimate of drug-likeness (QED) is 0.939. The van der Waals surface area contributed by atoms with Crippen molar-refractivity contribution in [3.8, 4) is 0 Å². The van der Waals surface area contributed by atoms with E-state index in [1.165, 1.54) is 11.1 Å². The molecule has 0 spiro atoms. The Bertz CT molecular complexity index is 661. The molecule has 2 aromatic rings. The topological polar surface area (TPSA) is 37.4 Å². The highest BCUT2D eigenvalue weighted by molar-refractivity contribution is 5.38. The van der Waals surface area contributed by atoms with Crippen LogP contribution in [0.15, 0.2) is 48.7 Å².